The average molecular weight is 560 g/mol. The van der Waals surface area contributed by atoms with E-state index in [1.54, 1.807) is 0 Å². The number of rotatable bonds is 32. The van der Waals surface area contributed by atoms with Crippen molar-refractivity contribution in [3.05, 3.63) is 24.3 Å². The SMILES string of the molecule is CCCCCCCCC=CCCCCCCCCN(CCCCCCCCC=CCCCCCCCC)C(=N)N. The van der Waals surface area contributed by atoms with Crippen molar-refractivity contribution < 1.29 is 0 Å². The molecule has 0 aromatic carbocycles. The molecule has 3 nitrogen and oxygen atoms in total. The number of allylic oxidation sites excluding steroid dienone is 4. The minimum absolute atomic E-state index is 0.264. The van der Waals surface area contributed by atoms with Crippen molar-refractivity contribution in [3.8, 4) is 0 Å². The lowest BCUT2D eigenvalue weighted by Gasteiger charge is -2.22. The fraction of sp³-hybridized carbons (Fsp3) is 0.865. The minimum Gasteiger partial charge on any atom is -0.370 e. The lowest BCUT2D eigenvalue weighted by Crippen LogP contribution is -2.37. The third-order valence-electron chi connectivity index (χ3n) is 8.22. The smallest absolute Gasteiger partial charge is 0.188 e. The number of nitrogens with one attached hydrogen (secondary N) is 1. The molecular formula is C37H73N3. The van der Waals surface area contributed by atoms with Crippen molar-refractivity contribution in [1.82, 2.24) is 4.90 Å². The first-order valence-electron chi connectivity index (χ1n) is 18.1. The standard InChI is InChI=1S/C37H73N3/c1-3-5-7-9-11-13-15-17-19-21-23-25-27-29-31-33-35-40(37(38)39)36-34-32-30-28-26-24-22-20-18-16-14-12-10-8-6-4-2/h17-20H,3-16,21-36H2,1-2H3,(H3,38,39). The molecule has 0 saturated heterocycles. The van der Waals surface area contributed by atoms with Gasteiger partial charge in [-0.25, -0.2) is 0 Å². The van der Waals surface area contributed by atoms with Gasteiger partial charge in [0.05, 0.1) is 0 Å². The number of nitrogens with two attached hydrogens (primary N) is 1. The quantitative estimate of drug-likeness (QED) is 0.0372. The molecule has 0 spiro atoms. The van der Waals surface area contributed by atoms with Crippen LogP contribution in [0.1, 0.15) is 194 Å². The summed E-state index contributed by atoms with van der Waals surface area (Å²) in [5.41, 5.74) is 5.87. The van der Waals surface area contributed by atoms with Crippen LogP contribution in [0, 0.1) is 5.41 Å². The predicted molar refractivity (Wildman–Crippen MR) is 182 cm³/mol. The zero-order valence-electron chi connectivity index (χ0n) is 27.5. The molecule has 0 atom stereocenters. The van der Waals surface area contributed by atoms with Gasteiger partial charge in [-0.05, 0) is 64.2 Å². The molecule has 0 rings (SSSR count). The Labute approximate surface area is 252 Å². The molecule has 0 aliphatic rings. The summed E-state index contributed by atoms with van der Waals surface area (Å²) in [5, 5.41) is 7.92. The van der Waals surface area contributed by atoms with Crippen LogP contribution in [0.4, 0.5) is 0 Å². The lowest BCUT2D eigenvalue weighted by molar-refractivity contribution is 0.378. The van der Waals surface area contributed by atoms with Gasteiger partial charge in [0.25, 0.3) is 0 Å². The maximum absolute atomic E-state index is 7.92. The van der Waals surface area contributed by atoms with Crippen LogP contribution in [-0.2, 0) is 0 Å². The van der Waals surface area contributed by atoms with Crippen molar-refractivity contribution in [2.75, 3.05) is 13.1 Å². The van der Waals surface area contributed by atoms with Crippen LogP contribution in [0.15, 0.2) is 24.3 Å². The van der Waals surface area contributed by atoms with E-state index in [9.17, 15) is 0 Å². The number of guanidine groups is 1. The molecule has 0 aliphatic heterocycles. The Balaban J connectivity index is 3.47. The summed E-state index contributed by atoms with van der Waals surface area (Å²) in [6.07, 6.45) is 47.0. The van der Waals surface area contributed by atoms with Gasteiger partial charge in [0.2, 0.25) is 0 Å². The summed E-state index contributed by atoms with van der Waals surface area (Å²) in [5.74, 6) is 0.264. The zero-order valence-corrected chi connectivity index (χ0v) is 27.5. The van der Waals surface area contributed by atoms with Crippen molar-refractivity contribution in [2.24, 2.45) is 5.73 Å². The molecule has 0 bridgehead atoms. The molecular weight excluding hydrogens is 486 g/mol. The predicted octanol–water partition coefficient (Wildman–Crippen LogP) is 12.3. The molecule has 0 heterocycles. The fourth-order valence-corrected chi connectivity index (χ4v) is 5.45. The minimum atomic E-state index is 0.264. The number of unbranched alkanes of at least 4 members (excludes halogenated alkanes) is 24. The Hall–Kier alpha value is -1.25. The van der Waals surface area contributed by atoms with Gasteiger partial charge in [0, 0.05) is 13.1 Å². The second kappa shape index (κ2) is 34.0. The van der Waals surface area contributed by atoms with E-state index in [2.05, 4.69) is 43.1 Å². The summed E-state index contributed by atoms with van der Waals surface area (Å²) in [6.45, 7) is 6.49. The third-order valence-corrected chi connectivity index (χ3v) is 8.22. The molecule has 0 fully saturated rings. The van der Waals surface area contributed by atoms with E-state index in [1.807, 2.05) is 0 Å². The Morgan fingerprint density at radius 2 is 0.675 bits per heavy atom. The monoisotopic (exact) mass is 560 g/mol. The molecule has 3 heteroatoms. The van der Waals surface area contributed by atoms with Gasteiger partial charge in [-0.2, -0.15) is 0 Å². The third kappa shape index (κ3) is 31.3. The van der Waals surface area contributed by atoms with Gasteiger partial charge in [-0.3, -0.25) is 5.41 Å². The first-order valence-corrected chi connectivity index (χ1v) is 18.1. The molecule has 0 unspecified atom stereocenters. The van der Waals surface area contributed by atoms with Crippen molar-refractivity contribution >= 4 is 5.96 Å². The Morgan fingerprint density at radius 3 is 0.950 bits per heavy atom. The summed E-state index contributed by atoms with van der Waals surface area (Å²) < 4.78 is 0. The second-order valence-corrected chi connectivity index (χ2v) is 12.2. The first kappa shape index (κ1) is 38.8. The zero-order chi connectivity index (χ0) is 29.2. The lowest BCUT2D eigenvalue weighted by atomic mass is 10.1. The van der Waals surface area contributed by atoms with Gasteiger partial charge in [0.1, 0.15) is 0 Å². The highest BCUT2D eigenvalue weighted by molar-refractivity contribution is 5.74. The van der Waals surface area contributed by atoms with Gasteiger partial charge in [-0.1, -0.05) is 154 Å². The maximum atomic E-state index is 7.92. The van der Waals surface area contributed by atoms with E-state index in [0.717, 1.165) is 13.1 Å². The highest BCUT2D eigenvalue weighted by atomic mass is 15.2. The molecule has 0 radical (unpaired) electrons. The van der Waals surface area contributed by atoms with E-state index < -0.39 is 0 Å². The van der Waals surface area contributed by atoms with Crippen LogP contribution in [0.2, 0.25) is 0 Å². The average Bonchev–Trinajstić information content (AvgIpc) is 2.95. The van der Waals surface area contributed by atoms with Crippen LogP contribution < -0.4 is 5.73 Å². The molecule has 0 aliphatic carbocycles. The number of hydrogen-bond acceptors (Lipinski definition) is 1. The Bertz CT molecular complexity index is 512. The highest BCUT2D eigenvalue weighted by Gasteiger charge is 2.05. The van der Waals surface area contributed by atoms with Crippen molar-refractivity contribution in [2.45, 2.75) is 194 Å². The van der Waals surface area contributed by atoms with Crippen molar-refractivity contribution in [1.29, 1.82) is 5.41 Å². The first-order chi connectivity index (χ1) is 19.7. The van der Waals surface area contributed by atoms with Gasteiger partial charge < -0.3 is 10.6 Å². The molecule has 0 aromatic heterocycles. The summed E-state index contributed by atoms with van der Waals surface area (Å²) in [6, 6.07) is 0. The van der Waals surface area contributed by atoms with E-state index >= 15 is 0 Å². The largest absolute Gasteiger partial charge is 0.370 e. The highest BCUT2D eigenvalue weighted by Crippen LogP contribution is 2.12. The number of nitrogens with zero attached hydrogens (tertiary/aromatic N) is 1. The van der Waals surface area contributed by atoms with Gasteiger partial charge in [-0.15, -0.1) is 0 Å². The van der Waals surface area contributed by atoms with E-state index in [0.29, 0.717) is 0 Å². The molecule has 0 amide bonds. The maximum Gasteiger partial charge on any atom is 0.188 e. The van der Waals surface area contributed by atoms with Gasteiger partial charge in [0.15, 0.2) is 5.96 Å². The topological polar surface area (TPSA) is 53.1 Å². The molecule has 236 valence electrons. The Morgan fingerprint density at radius 1 is 0.425 bits per heavy atom. The van der Waals surface area contributed by atoms with E-state index in [1.165, 1.54) is 180 Å². The summed E-state index contributed by atoms with van der Waals surface area (Å²) in [7, 11) is 0. The van der Waals surface area contributed by atoms with Crippen molar-refractivity contribution in [3.63, 3.8) is 0 Å². The number of hydrogen-bond donors (Lipinski definition) is 2. The summed E-state index contributed by atoms with van der Waals surface area (Å²) in [4.78, 5) is 2.10. The van der Waals surface area contributed by atoms with E-state index in [-0.39, 0.29) is 5.96 Å². The Kier molecular flexibility index (Phi) is 32.9. The molecule has 0 aromatic rings. The fourth-order valence-electron chi connectivity index (χ4n) is 5.45. The van der Waals surface area contributed by atoms with Crippen LogP contribution in [0.5, 0.6) is 0 Å². The second-order valence-electron chi connectivity index (χ2n) is 12.2. The normalized spacial score (nSPS) is 11.8. The molecule has 40 heavy (non-hydrogen) atoms. The van der Waals surface area contributed by atoms with Gasteiger partial charge >= 0.3 is 0 Å². The summed E-state index contributed by atoms with van der Waals surface area (Å²) >= 11 is 0. The molecule has 0 saturated carbocycles. The van der Waals surface area contributed by atoms with Crippen LogP contribution >= 0.6 is 0 Å². The van der Waals surface area contributed by atoms with Crippen LogP contribution in [0.25, 0.3) is 0 Å². The van der Waals surface area contributed by atoms with Crippen LogP contribution in [-0.4, -0.2) is 23.9 Å². The molecule has 3 N–H and O–H groups in total. The van der Waals surface area contributed by atoms with Crippen LogP contribution in [0.3, 0.4) is 0 Å². The van der Waals surface area contributed by atoms with E-state index in [4.69, 9.17) is 11.1 Å².